The summed E-state index contributed by atoms with van der Waals surface area (Å²) in [5, 5.41) is 33.3. The van der Waals surface area contributed by atoms with Gasteiger partial charge in [-0.05, 0) is 70.6 Å². The fraction of sp³-hybridized carbons (Fsp3) is 0.848. The lowest BCUT2D eigenvalue weighted by Gasteiger charge is -2.26. The maximum absolute atomic E-state index is 12.4. The zero-order valence-electron chi connectivity index (χ0n) is 34.0. The Morgan fingerprint density at radius 3 is 1.29 bits per heavy atom. The Labute approximate surface area is 317 Å². The summed E-state index contributed by atoms with van der Waals surface area (Å²) in [6, 6.07) is -0.830. The lowest BCUT2D eigenvalue weighted by molar-refractivity contribution is -0.124. The molecular formula is C46H87NO4. The SMILES string of the molecule is CC/C=C/CC/C=C/CCCC(O)C(O)C(CO)NC(=O)CCCCCCCCCCCCCC/C=C\CCCCCCCCCCCCCC. The van der Waals surface area contributed by atoms with Crippen LogP contribution in [0.5, 0.6) is 0 Å². The molecule has 4 N–H and O–H groups in total. The molecule has 300 valence electrons. The first-order valence-corrected chi connectivity index (χ1v) is 22.3. The quantitative estimate of drug-likeness (QED) is 0.0375. The van der Waals surface area contributed by atoms with Crippen molar-refractivity contribution in [3.8, 4) is 0 Å². The first-order chi connectivity index (χ1) is 25.1. The van der Waals surface area contributed by atoms with Crippen LogP contribution in [0, 0.1) is 0 Å². The van der Waals surface area contributed by atoms with Crippen LogP contribution in [0.3, 0.4) is 0 Å². The molecule has 0 aliphatic carbocycles. The number of aliphatic hydroxyl groups is 3. The number of nitrogens with one attached hydrogen (secondary N) is 1. The highest BCUT2D eigenvalue weighted by Crippen LogP contribution is 2.15. The highest BCUT2D eigenvalue weighted by molar-refractivity contribution is 5.76. The molecule has 0 saturated heterocycles. The third-order valence-electron chi connectivity index (χ3n) is 10.2. The van der Waals surface area contributed by atoms with Crippen LogP contribution >= 0.6 is 0 Å². The van der Waals surface area contributed by atoms with E-state index in [0.717, 1.165) is 51.4 Å². The molecule has 0 aromatic rings. The van der Waals surface area contributed by atoms with Gasteiger partial charge in [-0.3, -0.25) is 4.79 Å². The molecule has 0 bridgehead atoms. The lowest BCUT2D eigenvalue weighted by atomic mass is 10.0. The zero-order valence-corrected chi connectivity index (χ0v) is 34.0. The summed E-state index contributed by atoms with van der Waals surface area (Å²) in [7, 11) is 0. The van der Waals surface area contributed by atoms with E-state index in [9.17, 15) is 20.1 Å². The highest BCUT2D eigenvalue weighted by atomic mass is 16.3. The van der Waals surface area contributed by atoms with E-state index in [0.29, 0.717) is 12.8 Å². The van der Waals surface area contributed by atoms with E-state index in [1.54, 1.807) is 0 Å². The maximum Gasteiger partial charge on any atom is 0.220 e. The third-order valence-corrected chi connectivity index (χ3v) is 10.2. The minimum absolute atomic E-state index is 0.161. The minimum Gasteiger partial charge on any atom is -0.394 e. The van der Waals surface area contributed by atoms with Gasteiger partial charge in [0.15, 0.2) is 0 Å². The Bertz CT molecular complexity index is 794. The Kier molecular flexibility index (Phi) is 40.2. The van der Waals surface area contributed by atoms with Gasteiger partial charge in [-0.2, -0.15) is 0 Å². The average Bonchev–Trinajstić information content (AvgIpc) is 3.13. The van der Waals surface area contributed by atoms with E-state index in [-0.39, 0.29) is 12.5 Å². The van der Waals surface area contributed by atoms with E-state index in [4.69, 9.17) is 0 Å². The first-order valence-electron chi connectivity index (χ1n) is 22.3. The molecule has 5 nitrogen and oxygen atoms in total. The molecule has 51 heavy (non-hydrogen) atoms. The number of amides is 1. The van der Waals surface area contributed by atoms with Gasteiger partial charge >= 0.3 is 0 Å². The van der Waals surface area contributed by atoms with E-state index >= 15 is 0 Å². The highest BCUT2D eigenvalue weighted by Gasteiger charge is 2.26. The van der Waals surface area contributed by atoms with Gasteiger partial charge in [-0.15, -0.1) is 0 Å². The number of carbonyl (C=O) groups is 1. The number of allylic oxidation sites excluding steroid dienone is 6. The van der Waals surface area contributed by atoms with Crippen molar-refractivity contribution >= 4 is 5.91 Å². The predicted octanol–water partition coefficient (Wildman–Crippen LogP) is 12.8. The number of unbranched alkanes of at least 4 members (excludes halogenated alkanes) is 26. The van der Waals surface area contributed by atoms with Gasteiger partial charge in [0.05, 0.1) is 18.8 Å². The molecule has 0 saturated carbocycles. The Hall–Kier alpha value is -1.43. The molecule has 5 heteroatoms. The molecule has 0 aromatic carbocycles. The summed E-state index contributed by atoms with van der Waals surface area (Å²) in [4.78, 5) is 12.4. The molecule has 0 radical (unpaired) electrons. The van der Waals surface area contributed by atoms with Gasteiger partial charge in [-0.25, -0.2) is 0 Å². The number of carbonyl (C=O) groups excluding carboxylic acids is 1. The molecule has 0 rings (SSSR count). The van der Waals surface area contributed by atoms with Crippen molar-refractivity contribution in [2.24, 2.45) is 0 Å². The van der Waals surface area contributed by atoms with Gasteiger partial charge in [-0.1, -0.05) is 185 Å². The van der Waals surface area contributed by atoms with Crippen molar-refractivity contribution in [3.05, 3.63) is 36.5 Å². The van der Waals surface area contributed by atoms with Crippen molar-refractivity contribution < 1.29 is 20.1 Å². The van der Waals surface area contributed by atoms with Crippen molar-refractivity contribution in [2.45, 2.75) is 244 Å². The van der Waals surface area contributed by atoms with Gasteiger partial charge in [0, 0.05) is 6.42 Å². The molecule has 3 atom stereocenters. The van der Waals surface area contributed by atoms with Crippen molar-refractivity contribution in [2.75, 3.05) is 6.61 Å². The van der Waals surface area contributed by atoms with Gasteiger partial charge in [0.25, 0.3) is 0 Å². The Morgan fingerprint density at radius 1 is 0.490 bits per heavy atom. The summed E-state index contributed by atoms with van der Waals surface area (Å²) in [6.07, 6.45) is 51.5. The fourth-order valence-electron chi connectivity index (χ4n) is 6.77. The summed E-state index contributed by atoms with van der Waals surface area (Å²) in [6.45, 7) is 4.04. The molecule has 0 aliphatic rings. The topological polar surface area (TPSA) is 89.8 Å². The number of hydrogen-bond acceptors (Lipinski definition) is 4. The molecule has 3 unspecified atom stereocenters. The zero-order chi connectivity index (χ0) is 37.3. The summed E-state index contributed by atoms with van der Waals surface area (Å²) in [5.74, 6) is -0.161. The van der Waals surface area contributed by atoms with Gasteiger partial charge in [0.2, 0.25) is 5.91 Å². The lowest BCUT2D eigenvalue weighted by Crippen LogP contribution is -2.50. The molecular weight excluding hydrogens is 631 g/mol. The third kappa shape index (κ3) is 36.7. The van der Waals surface area contributed by atoms with Crippen LogP contribution in [0.15, 0.2) is 36.5 Å². The molecule has 0 spiro atoms. The second-order valence-corrected chi connectivity index (χ2v) is 15.2. The van der Waals surface area contributed by atoms with E-state index in [1.807, 2.05) is 0 Å². The Morgan fingerprint density at radius 2 is 0.863 bits per heavy atom. The van der Waals surface area contributed by atoms with Crippen LogP contribution in [-0.4, -0.2) is 46.1 Å². The van der Waals surface area contributed by atoms with Crippen molar-refractivity contribution in [3.63, 3.8) is 0 Å². The molecule has 0 fully saturated rings. The maximum atomic E-state index is 12.4. The summed E-state index contributed by atoms with van der Waals surface area (Å²) >= 11 is 0. The van der Waals surface area contributed by atoms with Crippen LogP contribution < -0.4 is 5.32 Å². The van der Waals surface area contributed by atoms with Crippen LogP contribution in [0.1, 0.15) is 226 Å². The average molecular weight is 718 g/mol. The van der Waals surface area contributed by atoms with Gasteiger partial charge < -0.3 is 20.6 Å². The molecule has 0 aliphatic heterocycles. The van der Waals surface area contributed by atoms with E-state index < -0.39 is 18.2 Å². The largest absolute Gasteiger partial charge is 0.394 e. The fourth-order valence-corrected chi connectivity index (χ4v) is 6.77. The summed E-state index contributed by atoms with van der Waals surface area (Å²) < 4.78 is 0. The standard InChI is InChI=1S/C46H87NO4/c1-3-5-7-9-11-13-14-15-16-17-18-19-20-21-22-23-24-25-26-27-28-29-30-31-33-35-37-39-41-45(50)47-43(42-48)46(51)44(49)40-38-36-34-32-12-10-8-6-4-2/h6,8,21-22,32,34,43-44,46,48-49,51H,3-5,7,9-20,23-31,33,35-42H2,1-2H3,(H,47,50)/b8-6+,22-21-,34-32+. The predicted molar refractivity (Wildman–Crippen MR) is 222 cm³/mol. The van der Waals surface area contributed by atoms with E-state index in [2.05, 4.69) is 55.6 Å². The molecule has 0 aromatic heterocycles. The van der Waals surface area contributed by atoms with E-state index in [1.165, 1.54) is 148 Å². The normalized spacial score (nSPS) is 13.9. The number of hydrogen-bond donors (Lipinski definition) is 4. The van der Waals surface area contributed by atoms with Crippen LogP contribution in [-0.2, 0) is 4.79 Å². The van der Waals surface area contributed by atoms with Crippen LogP contribution in [0.2, 0.25) is 0 Å². The second-order valence-electron chi connectivity index (χ2n) is 15.2. The van der Waals surface area contributed by atoms with Crippen molar-refractivity contribution in [1.82, 2.24) is 5.32 Å². The molecule has 0 heterocycles. The van der Waals surface area contributed by atoms with Crippen LogP contribution in [0.4, 0.5) is 0 Å². The van der Waals surface area contributed by atoms with Crippen LogP contribution in [0.25, 0.3) is 0 Å². The number of aliphatic hydroxyl groups excluding tert-OH is 3. The number of rotatable bonds is 40. The second kappa shape index (κ2) is 41.3. The Balaban J connectivity index is 3.52. The monoisotopic (exact) mass is 718 g/mol. The molecule has 1 amide bonds. The first kappa shape index (κ1) is 49.6. The van der Waals surface area contributed by atoms with Crippen molar-refractivity contribution in [1.29, 1.82) is 0 Å². The smallest absolute Gasteiger partial charge is 0.220 e. The minimum atomic E-state index is -1.16. The summed E-state index contributed by atoms with van der Waals surface area (Å²) in [5.41, 5.74) is 0. The van der Waals surface area contributed by atoms with Gasteiger partial charge in [0.1, 0.15) is 6.10 Å².